The number of hydrogen-bond acceptors (Lipinski definition) is 16. The molecule has 2 saturated heterocycles. The van der Waals surface area contributed by atoms with Gasteiger partial charge < -0.3 is 85.5 Å². The van der Waals surface area contributed by atoms with Gasteiger partial charge in [0, 0.05) is 38.8 Å². The summed E-state index contributed by atoms with van der Waals surface area (Å²) < 4.78 is 0. The first kappa shape index (κ1) is 76.5. The van der Waals surface area contributed by atoms with E-state index in [1.807, 2.05) is 6.92 Å². The van der Waals surface area contributed by atoms with Gasteiger partial charge in [0.15, 0.2) is 0 Å². The summed E-state index contributed by atoms with van der Waals surface area (Å²) in [5.74, 6) is -9.80. The molecule has 2 aliphatic rings. The zero-order chi connectivity index (χ0) is 70.4. The molecule has 2 heterocycles. The predicted octanol–water partition coefficient (Wildman–Crippen LogP) is 0.305. The van der Waals surface area contributed by atoms with E-state index >= 15 is 9.59 Å². The summed E-state index contributed by atoms with van der Waals surface area (Å²) >= 11 is 0. The van der Waals surface area contributed by atoms with E-state index in [0.29, 0.717) is 54.4 Å². The number of benzene rings is 4. The summed E-state index contributed by atoms with van der Waals surface area (Å²) in [5, 5.41) is 48.1. The lowest BCUT2D eigenvalue weighted by Crippen LogP contribution is -2.62. The Kier molecular flexibility index (Phi) is 31.2. The van der Waals surface area contributed by atoms with Crippen LogP contribution in [0.3, 0.4) is 0 Å². The number of phenols is 2. The molecule has 10 atom stereocenters. The Bertz CT molecular complexity index is 3250. The van der Waals surface area contributed by atoms with Crippen LogP contribution in [0.4, 0.5) is 0 Å². The molecule has 526 valence electrons. The normalized spacial score (nSPS) is 23.3. The van der Waals surface area contributed by atoms with Gasteiger partial charge >= 0.3 is 0 Å². The van der Waals surface area contributed by atoms with Crippen molar-refractivity contribution in [2.45, 2.75) is 184 Å². The van der Waals surface area contributed by atoms with Crippen molar-refractivity contribution in [2.75, 3.05) is 32.7 Å². The van der Waals surface area contributed by atoms with Crippen molar-refractivity contribution in [3.8, 4) is 11.5 Å². The summed E-state index contributed by atoms with van der Waals surface area (Å²) in [6.45, 7) is 5.87. The minimum Gasteiger partial charge on any atom is -0.508 e. The molecule has 97 heavy (non-hydrogen) atoms. The Morgan fingerprint density at radius 1 is 0.454 bits per heavy atom. The second-order valence-corrected chi connectivity index (χ2v) is 25.1. The zero-order valence-electron chi connectivity index (χ0n) is 55.7. The number of nitrogens with zero attached hydrogens (tertiary/aromatic N) is 1. The topological polar surface area (TPSA) is 430 Å². The Morgan fingerprint density at radius 2 is 0.814 bits per heavy atom. The molecule has 4 aromatic rings. The number of nitrogens with one attached hydrogen (secondary N) is 10. The standard InChI is InChI=1S/C70H98N14O13/c1-4-36-74-59(87)42-56-66(93)76-50(21-11-13-33-71)61(88)79-55(40-47-27-31-49(86)32-28-47)67(94)83-60(43(2)3)69(96)77-52(23-15-35-73)63(90)78-53(39-46-25-29-48(85)30-26-46)65(92)82-57(41-45-19-9-6-10-20-45)70(97)84-37-16-24-58(84)68(95)81-54(38-44-17-7-5-8-18-44)64(91)75-51(62(89)80-56)22-12-14-34-72/h5-10,17-20,25-32,43,50-58,60,85-86H,4,11-16,21-24,33-42,71-73H2,1-3H3,(H,74,87)(H,75,91)(H,76,93)(H,77,96)(H,78,90)(H,79,88)(H,80,89)(H,81,95)(H,82,92)(H,83,94)/t50-,51+,52-,53-,54-,55-,56+,57+,58-,60-/m0/s1. The van der Waals surface area contributed by atoms with E-state index in [1.54, 1.807) is 86.6 Å². The van der Waals surface area contributed by atoms with E-state index < -0.39 is 138 Å². The van der Waals surface area contributed by atoms with Crippen LogP contribution in [0, 0.1) is 5.92 Å². The van der Waals surface area contributed by atoms with Crippen molar-refractivity contribution in [1.29, 1.82) is 0 Å². The summed E-state index contributed by atoms with van der Waals surface area (Å²) in [7, 11) is 0. The number of nitrogens with two attached hydrogens (primary N) is 3. The fraction of sp³-hybridized carbons (Fsp3) is 0.500. The third kappa shape index (κ3) is 24.6. The smallest absolute Gasteiger partial charge is 0.246 e. The van der Waals surface area contributed by atoms with Gasteiger partial charge in [-0.3, -0.25) is 52.7 Å². The minimum absolute atomic E-state index is 0.0289. The van der Waals surface area contributed by atoms with Gasteiger partial charge in [-0.25, -0.2) is 0 Å². The summed E-state index contributed by atoms with van der Waals surface area (Å²) in [5.41, 5.74) is 20.0. The van der Waals surface area contributed by atoms with Gasteiger partial charge in [-0.15, -0.1) is 0 Å². The molecule has 0 bridgehead atoms. The molecule has 0 unspecified atom stereocenters. The highest BCUT2D eigenvalue weighted by molar-refractivity contribution is 6.00. The molecule has 27 heteroatoms. The molecule has 27 nitrogen and oxygen atoms in total. The fourth-order valence-corrected chi connectivity index (χ4v) is 11.6. The molecule has 4 aromatic carbocycles. The number of fused-ring (bicyclic) bond motifs is 1. The van der Waals surface area contributed by atoms with Crippen LogP contribution in [0.15, 0.2) is 109 Å². The molecule has 0 aliphatic carbocycles. The van der Waals surface area contributed by atoms with Crippen molar-refractivity contribution >= 4 is 65.0 Å². The van der Waals surface area contributed by atoms with Gasteiger partial charge in [-0.1, -0.05) is 106 Å². The van der Waals surface area contributed by atoms with Crippen LogP contribution in [-0.4, -0.2) is 173 Å². The highest BCUT2D eigenvalue weighted by Crippen LogP contribution is 2.22. The van der Waals surface area contributed by atoms with E-state index in [2.05, 4.69) is 53.2 Å². The zero-order valence-corrected chi connectivity index (χ0v) is 55.7. The van der Waals surface area contributed by atoms with Crippen LogP contribution in [0.5, 0.6) is 11.5 Å². The van der Waals surface area contributed by atoms with Crippen LogP contribution in [0.25, 0.3) is 0 Å². The van der Waals surface area contributed by atoms with Crippen molar-refractivity contribution in [3.05, 3.63) is 131 Å². The first-order valence-corrected chi connectivity index (χ1v) is 33.7. The number of carbonyl (C=O) groups is 11. The molecule has 0 spiro atoms. The number of aromatic hydroxyl groups is 2. The van der Waals surface area contributed by atoms with E-state index in [1.165, 1.54) is 41.3 Å². The van der Waals surface area contributed by atoms with Crippen LogP contribution in [0.1, 0.15) is 120 Å². The van der Waals surface area contributed by atoms with E-state index in [4.69, 9.17) is 17.2 Å². The SMILES string of the molecule is CCCNC(=O)C[C@H]1NC(=O)[C@@H](CCCCN)NC(=O)[C@H](Cc2ccccc2)NC(=O)[C@@H]2CCCN2C(=O)[C@@H](Cc2ccccc2)NC(=O)[C@H](Cc2ccc(O)cc2)NC(=O)[C@H](CCCN)NC(=O)[C@H](C(C)C)NC(=O)[C@H](Cc2ccc(O)cc2)NC(=O)[C@H](CCCCN)NC1=O. The van der Waals surface area contributed by atoms with Gasteiger partial charge in [-0.2, -0.15) is 0 Å². The maximum absolute atomic E-state index is 15.3. The molecular weight excluding hydrogens is 1240 g/mol. The van der Waals surface area contributed by atoms with Gasteiger partial charge in [-0.05, 0) is 143 Å². The molecular formula is C70H98N14O13. The highest BCUT2D eigenvalue weighted by Gasteiger charge is 2.42. The number of phenolic OH excluding ortho intramolecular Hbond substituents is 2. The number of unbranched alkanes of at least 4 members (excludes halogenated alkanes) is 2. The molecule has 0 saturated carbocycles. The molecule has 6 rings (SSSR count). The van der Waals surface area contributed by atoms with E-state index in [-0.39, 0.29) is 108 Å². The second-order valence-electron chi connectivity index (χ2n) is 25.1. The maximum atomic E-state index is 15.3. The Balaban J connectivity index is 1.48. The first-order valence-electron chi connectivity index (χ1n) is 33.7. The monoisotopic (exact) mass is 1340 g/mol. The van der Waals surface area contributed by atoms with Crippen molar-refractivity contribution in [2.24, 2.45) is 23.1 Å². The van der Waals surface area contributed by atoms with Crippen molar-refractivity contribution in [1.82, 2.24) is 58.1 Å². The summed E-state index contributed by atoms with van der Waals surface area (Å²) in [4.78, 5) is 164. The third-order valence-corrected chi connectivity index (χ3v) is 17.0. The number of rotatable bonds is 24. The van der Waals surface area contributed by atoms with E-state index in [9.17, 15) is 53.4 Å². The Hall–Kier alpha value is -9.47. The molecule has 2 aliphatic heterocycles. The van der Waals surface area contributed by atoms with Gasteiger partial charge in [0.1, 0.15) is 71.9 Å². The van der Waals surface area contributed by atoms with Crippen LogP contribution < -0.4 is 70.4 Å². The lowest BCUT2D eigenvalue weighted by atomic mass is 9.99. The Morgan fingerprint density at radius 3 is 1.26 bits per heavy atom. The molecule has 0 radical (unpaired) electrons. The molecule has 0 aromatic heterocycles. The van der Waals surface area contributed by atoms with Crippen molar-refractivity contribution in [3.63, 3.8) is 0 Å². The number of carbonyl (C=O) groups excluding carboxylic acids is 11. The summed E-state index contributed by atoms with van der Waals surface area (Å²) in [6, 6.07) is 15.0. The van der Waals surface area contributed by atoms with Gasteiger partial charge in [0.2, 0.25) is 65.0 Å². The lowest BCUT2D eigenvalue weighted by molar-refractivity contribution is -0.142. The van der Waals surface area contributed by atoms with Crippen molar-refractivity contribution < 1.29 is 63.0 Å². The fourth-order valence-electron chi connectivity index (χ4n) is 11.6. The molecule has 11 amide bonds. The average molecular weight is 1340 g/mol. The quantitative estimate of drug-likeness (QED) is 0.0420. The van der Waals surface area contributed by atoms with E-state index in [0.717, 1.165) is 0 Å². The van der Waals surface area contributed by atoms with Gasteiger partial charge in [0.25, 0.3) is 0 Å². The van der Waals surface area contributed by atoms with Crippen LogP contribution >= 0.6 is 0 Å². The van der Waals surface area contributed by atoms with Crippen LogP contribution in [-0.2, 0) is 78.4 Å². The summed E-state index contributed by atoms with van der Waals surface area (Å²) in [6.07, 6.45) is 1.21. The second kappa shape index (κ2) is 39.5. The highest BCUT2D eigenvalue weighted by atomic mass is 16.3. The minimum atomic E-state index is -1.67. The number of hydrogen-bond donors (Lipinski definition) is 15. The van der Waals surface area contributed by atoms with Gasteiger partial charge in [0.05, 0.1) is 6.42 Å². The first-order chi connectivity index (χ1) is 46.6. The average Bonchev–Trinajstić information content (AvgIpc) is 1.89. The largest absolute Gasteiger partial charge is 0.508 e. The predicted molar refractivity (Wildman–Crippen MR) is 363 cm³/mol. The third-order valence-electron chi connectivity index (χ3n) is 17.0. The molecule has 2 fully saturated rings. The Labute approximate surface area is 566 Å². The maximum Gasteiger partial charge on any atom is 0.246 e. The number of amides is 11. The van der Waals surface area contributed by atoms with Crippen LogP contribution in [0.2, 0.25) is 0 Å². The molecule has 18 N–H and O–H groups in total. The lowest BCUT2D eigenvalue weighted by Gasteiger charge is -2.31.